The van der Waals surface area contributed by atoms with E-state index in [1.165, 1.54) is 4.31 Å². The smallest absolute Gasteiger partial charge is 0.218 e. The van der Waals surface area contributed by atoms with Crippen molar-refractivity contribution in [2.24, 2.45) is 0 Å². The average Bonchev–Trinajstić information content (AvgIpc) is 2.35. The Morgan fingerprint density at radius 2 is 1.95 bits per heavy atom. The van der Waals surface area contributed by atoms with Gasteiger partial charge < -0.3 is 5.11 Å². The van der Waals surface area contributed by atoms with Crippen LogP contribution in [0.3, 0.4) is 0 Å². The molecule has 0 saturated carbocycles. The number of nitriles is 1. The lowest BCUT2D eigenvalue weighted by Gasteiger charge is -2.44. The first-order valence-corrected chi connectivity index (χ1v) is 7.69. The Morgan fingerprint density at radius 3 is 2.42 bits per heavy atom. The molecule has 19 heavy (non-hydrogen) atoms. The summed E-state index contributed by atoms with van der Waals surface area (Å²) in [7, 11) is -3.39. The third kappa shape index (κ3) is 2.95. The van der Waals surface area contributed by atoms with Crippen LogP contribution >= 0.6 is 0 Å². The summed E-state index contributed by atoms with van der Waals surface area (Å²) in [5.74, 6) is -0.0987. The zero-order valence-electron chi connectivity index (χ0n) is 10.7. The molecule has 1 aliphatic rings. The largest absolute Gasteiger partial charge is 0.387 e. The Kier molecular flexibility index (Phi) is 3.63. The van der Waals surface area contributed by atoms with E-state index in [1.54, 1.807) is 24.3 Å². The Hall–Kier alpha value is -1.42. The number of hydrogen-bond donors (Lipinski definition) is 1. The minimum absolute atomic E-state index is 0.0987. The van der Waals surface area contributed by atoms with Crippen molar-refractivity contribution in [3.05, 3.63) is 35.4 Å². The monoisotopic (exact) mass is 280 g/mol. The van der Waals surface area contributed by atoms with Crippen molar-refractivity contribution < 1.29 is 13.5 Å². The van der Waals surface area contributed by atoms with Gasteiger partial charge >= 0.3 is 0 Å². The van der Waals surface area contributed by atoms with Gasteiger partial charge in [0.05, 0.1) is 23.0 Å². The zero-order valence-corrected chi connectivity index (χ0v) is 11.5. The van der Waals surface area contributed by atoms with Crippen molar-refractivity contribution in [3.8, 4) is 6.07 Å². The van der Waals surface area contributed by atoms with E-state index in [0.717, 1.165) is 0 Å². The van der Waals surface area contributed by atoms with Crippen LogP contribution in [0.4, 0.5) is 0 Å². The summed E-state index contributed by atoms with van der Waals surface area (Å²) in [5, 5.41) is 18.5. The van der Waals surface area contributed by atoms with Gasteiger partial charge in [-0.3, -0.25) is 0 Å². The molecule has 1 aliphatic heterocycles. The van der Waals surface area contributed by atoms with Gasteiger partial charge in [-0.05, 0) is 24.1 Å². The summed E-state index contributed by atoms with van der Waals surface area (Å²) >= 11 is 0. The molecule has 5 nitrogen and oxygen atoms in total. The van der Waals surface area contributed by atoms with Crippen molar-refractivity contribution >= 4 is 10.0 Å². The Balaban J connectivity index is 2.04. The molecule has 1 aromatic rings. The maximum absolute atomic E-state index is 12.1. The molecule has 6 heteroatoms. The van der Waals surface area contributed by atoms with Gasteiger partial charge in [0.25, 0.3) is 0 Å². The molecule has 0 amide bonds. The van der Waals surface area contributed by atoms with E-state index in [9.17, 15) is 13.5 Å². The van der Waals surface area contributed by atoms with E-state index in [2.05, 4.69) is 0 Å². The van der Waals surface area contributed by atoms with Crippen LogP contribution in [0.15, 0.2) is 24.3 Å². The van der Waals surface area contributed by atoms with E-state index < -0.39 is 15.6 Å². The molecular formula is C13H16N2O3S. The topological polar surface area (TPSA) is 81.4 Å². The number of benzene rings is 1. The second-order valence-corrected chi connectivity index (χ2v) is 6.88. The van der Waals surface area contributed by atoms with Gasteiger partial charge in [-0.2, -0.15) is 9.57 Å². The highest BCUT2D eigenvalue weighted by molar-refractivity contribution is 7.88. The summed E-state index contributed by atoms with van der Waals surface area (Å²) in [6, 6.07) is 8.47. The lowest BCUT2D eigenvalue weighted by Crippen LogP contribution is -2.63. The fourth-order valence-corrected chi connectivity index (χ4v) is 3.68. The van der Waals surface area contributed by atoms with Gasteiger partial charge in [0, 0.05) is 13.1 Å². The second kappa shape index (κ2) is 4.93. The summed E-state index contributed by atoms with van der Waals surface area (Å²) < 4.78 is 25.5. The fraction of sp³-hybridized carbons (Fsp3) is 0.462. The lowest BCUT2D eigenvalue weighted by atomic mass is 9.94. The van der Waals surface area contributed by atoms with Crippen LogP contribution < -0.4 is 0 Å². The molecule has 1 fully saturated rings. The molecule has 0 unspecified atom stereocenters. The van der Waals surface area contributed by atoms with Crippen LogP contribution in [-0.4, -0.2) is 36.5 Å². The summed E-state index contributed by atoms with van der Waals surface area (Å²) in [6.07, 6.45) is 0.551. The van der Waals surface area contributed by atoms with Gasteiger partial charge in [-0.1, -0.05) is 19.1 Å². The molecule has 1 saturated heterocycles. The van der Waals surface area contributed by atoms with E-state index in [4.69, 9.17) is 5.26 Å². The van der Waals surface area contributed by atoms with Crippen molar-refractivity contribution in [1.82, 2.24) is 4.31 Å². The number of aliphatic hydroxyl groups is 1. The normalized spacial score (nSPS) is 18.6. The average molecular weight is 280 g/mol. The molecule has 2 rings (SSSR count). The molecule has 0 bridgehead atoms. The molecule has 1 aromatic carbocycles. The molecule has 1 heterocycles. The van der Waals surface area contributed by atoms with Crippen LogP contribution in [0.25, 0.3) is 0 Å². The van der Waals surface area contributed by atoms with Crippen LogP contribution in [0, 0.1) is 11.3 Å². The third-order valence-electron chi connectivity index (χ3n) is 3.42. The minimum Gasteiger partial charge on any atom is -0.387 e. The van der Waals surface area contributed by atoms with Crippen LogP contribution in [0.1, 0.15) is 24.5 Å². The van der Waals surface area contributed by atoms with Crippen LogP contribution in [-0.2, 0) is 15.8 Å². The maximum Gasteiger partial charge on any atom is 0.218 e. The Morgan fingerprint density at radius 1 is 1.37 bits per heavy atom. The molecular weight excluding hydrogens is 264 g/mol. The third-order valence-corrected chi connectivity index (χ3v) is 5.17. The van der Waals surface area contributed by atoms with Crippen molar-refractivity contribution in [2.45, 2.75) is 24.7 Å². The second-order valence-electron chi connectivity index (χ2n) is 4.91. The predicted octanol–water partition coefficient (Wildman–Crippen LogP) is 0.845. The first-order chi connectivity index (χ1) is 8.88. The summed E-state index contributed by atoms with van der Waals surface area (Å²) in [5.41, 5.74) is 0.286. The predicted molar refractivity (Wildman–Crippen MR) is 70.6 cm³/mol. The molecule has 1 N–H and O–H groups in total. The zero-order chi connectivity index (χ0) is 14.1. The maximum atomic E-state index is 12.1. The summed E-state index contributed by atoms with van der Waals surface area (Å²) in [6.45, 7) is 2.18. The molecule has 102 valence electrons. The highest BCUT2D eigenvalue weighted by Gasteiger charge is 2.45. The molecule has 0 aromatic heterocycles. The highest BCUT2D eigenvalue weighted by Crippen LogP contribution is 2.28. The Labute approximate surface area is 113 Å². The highest BCUT2D eigenvalue weighted by atomic mass is 32.2. The van der Waals surface area contributed by atoms with Gasteiger partial charge in [-0.25, -0.2) is 8.42 Å². The number of rotatable bonds is 4. The van der Waals surface area contributed by atoms with Crippen LogP contribution in [0.5, 0.6) is 0 Å². The van der Waals surface area contributed by atoms with E-state index in [1.807, 2.05) is 13.0 Å². The van der Waals surface area contributed by atoms with E-state index >= 15 is 0 Å². The van der Waals surface area contributed by atoms with Gasteiger partial charge in [0.1, 0.15) is 0 Å². The number of hydrogen-bond acceptors (Lipinski definition) is 4. The first kappa shape index (κ1) is 14.0. The molecule has 0 aliphatic carbocycles. The van der Waals surface area contributed by atoms with Crippen molar-refractivity contribution in [2.75, 3.05) is 13.1 Å². The fourth-order valence-electron chi connectivity index (χ4n) is 2.01. The molecule has 0 spiro atoms. The quantitative estimate of drug-likeness (QED) is 0.886. The first-order valence-electron chi connectivity index (χ1n) is 6.08. The van der Waals surface area contributed by atoms with Gasteiger partial charge in [0.2, 0.25) is 10.0 Å². The molecule has 0 atom stereocenters. The molecule has 0 radical (unpaired) electrons. The Bertz CT molecular complexity index is 596. The standard InChI is InChI=1S/C13H16N2O3S/c1-2-13(16)9-15(10-13)19(17,18)8-12-5-3-11(7-14)4-6-12/h3-6,16H,2,8-10H2,1H3. The van der Waals surface area contributed by atoms with Crippen molar-refractivity contribution in [3.63, 3.8) is 0 Å². The summed E-state index contributed by atoms with van der Waals surface area (Å²) in [4.78, 5) is 0. The number of nitrogens with zero attached hydrogens (tertiary/aromatic N) is 2. The van der Waals surface area contributed by atoms with Gasteiger partial charge in [0.15, 0.2) is 0 Å². The SMILES string of the molecule is CCC1(O)CN(S(=O)(=O)Cc2ccc(C#N)cc2)C1. The van der Waals surface area contributed by atoms with E-state index in [0.29, 0.717) is 17.5 Å². The number of sulfonamides is 1. The van der Waals surface area contributed by atoms with Crippen molar-refractivity contribution in [1.29, 1.82) is 5.26 Å². The van der Waals surface area contributed by atoms with Crippen LogP contribution in [0.2, 0.25) is 0 Å². The minimum atomic E-state index is -3.39. The number of β-amino-alcohol motifs (C(OH)–C–C–N with tert-alkyl or cyclic N) is 1. The van der Waals surface area contributed by atoms with Gasteiger partial charge in [-0.15, -0.1) is 0 Å². The lowest BCUT2D eigenvalue weighted by molar-refractivity contribution is -0.0614. The van der Waals surface area contributed by atoms with E-state index in [-0.39, 0.29) is 18.8 Å².